The van der Waals surface area contributed by atoms with Crippen LogP contribution in [0.15, 0.2) is 36.4 Å². The summed E-state index contributed by atoms with van der Waals surface area (Å²) in [6, 6.07) is 8.44. The van der Waals surface area contributed by atoms with E-state index in [-0.39, 0.29) is 23.6 Å². The molecule has 2 unspecified atom stereocenters. The lowest BCUT2D eigenvalue weighted by Crippen LogP contribution is -2.46. The van der Waals surface area contributed by atoms with Gasteiger partial charge >= 0.3 is 0 Å². The van der Waals surface area contributed by atoms with Gasteiger partial charge in [-0.15, -0.1) is 0 Å². The summed E-state index contributed by atoms with van der Waals surface area (Å²) in [4.78, 5) is 15.2. The van der Waals surface area contributed by atoms with Crippen LogP contribution in [0.5, 0.6) is 5.75 Å². The van der Waals surface area contributed by atoms with Gasteiger partial charge in [-0.05, 0) is 50.1 Å². The summed E-state index contributed by atoms with van der Waals surface area (Å²) >= 11 is 0. The SMILES string of the molecule is CCC1Cc2c(nn(C)c2-c2cc(F)c(F)c(F)c2)C(C)N1C(=O)c1cccc(OC)c1. The van der Waals surface area contributed by atoms with Gasteiger partial charge in [-0.1, -0.05) is 13.0 Å². The highest BCUT2D eigenvalue weighted by molar-refractivity contribution is 5.95. The third-order valence-electron chi connectivity index (χ3n) is 6.10. The second kappa shape index (κ2) is 8.33. The number of aryl methyl sites for hydroxylation is 1. The molecule has 1 amide bonds. The molecule has 1 aliphatic heterocycles. The Labute approximate surface area is 184 Å². The van der Waals surface area contributed by atoms with Crippen molar-refractivity contribution in [3.63, 3.8) is 0 Å². The molecular weight excluding hydrogens is 419 g/mol. The first-order chi connectivity index (χ1) is 15.3. The topological polar surface area (TPSA) is 47.4 Å². The zero-order valence-electron chi connectivity index (χ0n) is 18.3. The van der Waals surface area contributed by atoms with Crippen molar-refractivity contribution >= 4 is 5.91 Å². The predicted molar refractivity (Wildman–Crippen MR) is 114 cm³/mol. The first kappa shape index (κ1) is 21.9. The fourth-order valence-electron chi connectivity index (χ4n) is 4.55. The Morgan fingerprint density at radius 1 is 1.19 bits per heavy atom. The maximum Gasteiger partial charge on any atom is 0.254 e. The van der Waals surface area contributed by atoms with Crippen LogP contribution in [0.3, 0.4) is 0 Å². The Balaban J connectivity index is 1.78. The maximum absolute atomic E-state index is 13.9. The van der Waals surface area contributed by atoms with Crippen molar-refractivity contribution in [2.75, 3.05) is 7.11 Å². The van der Waals surface area contributed by atoms with Gasteiger partial charge in [0, 0.05) is 29.8 Å². The van der Waals surface area contributed by atoms with E-state index in [0.717, 1.165) is 17.7 Å². The van der Waals surface area contributed by atoms with Crippen molar-refractivity contribution in [2.24, 2.45) is 7.05 Å². The predicted octanol–water partition coefficient (Wildman–Crippen LogP) is 5.05. The highest BCUT2D eigenvalue weighted by Crippen LogP contribution is 2.40. The van der Waals surface area contributed by atoms with Crippen molar-refractivity contribution in [3.8, 4) is 17.0 Å². The van der Waals surface area contributed by atoms with Gasteiger partial charge < -0.3 is 9.64 Å². The zero-order valence-corrected chi connectivity index (χ0v) is 18.3. The number of halogens is 3. The number of methoxy groups -OCH3 is 1. The normalized spacial score (nSPS) is 17.9. The molecule has 1 aliphatic rings. The first-order valence-corrected chi connectivity index (χ1v) is 10.4. The van der Waals surface area contributed by atoms with Crippen LogP contribution in [0.2, 0.25) is 0 Å². The minimum atomic E-state index is -1.50. The summed E-state index contributed by atoms with van der Waals surface area (Å²) in [5.41, 5.74) is 2.72. The monoisotopic (exact) mass is 443 g/mol. The van der Waals surface area contributed by atoms with Crippen LogP contribution in [0, 0.1) is 17.5 Å². The summed E-state index contributed by atoms with van der Waals surface area (Å²) in [7, 11) is 3.22. The van der Waals surface area contributed by atoms with E-state index in [9.17, 15) is 18.0 Å². The molecule has 2 aromatic carbocycles. The molecule has 1 aromatic heterocycles. The van der Waals surface area contributed by atoms with Gasteiger partial charge in [0.1, 0.15) is 5.75 Å². The molecule has 0 radical (unpaired) electrons. The molecule has 3 aromatic rings. The molecule has 2 heterocycles. The lowest BCUT2D eigenvalue weighted by molar-refractivity contribution is 0.0545. The highest BCUT2D eigenvalue weighted by atomic mass is 19.2. The number of hydrogen-bond donors (Lipinski definition) is 0. The number of aromatic nitrogens is 2. The molecule has 8 heteroatoms. The molecule has 0 aliphatic carbocycles. The number of amides is 1. The summed E-state index contributed by atoms with van der Waals surface area (Å²) in [6.45, 7) is 3.88. The third-order valence-corrected chi connectivity index (χ3v) is 6.10. The number of ether oxygens (including phenoxy) is 1. The van der Waals surface area contributed by atoms with Gasteiger partial charge in [0.05, 0.1) is 24.5 Å². The average molecular weight is 443 g/mol. The largest absolute Gasteiger partial charge is 0.497 e. The van der Waals surface area contributed by atoms with Crippen LogP contribution in [-0.4, -0.2) is 33.7 Å². The van der Waals surface area contributed by atoms with Crippen LogP contribution in [0.4, 0.5) is 13.2 Å². The van der Waals surface area contributed by atoms with Gasteiger partial charge in [0.15, 0.2) is 17.5 Å². The van der Waals surface area contributed by atoms with Crippen LogP contribution in [0.25, 0.3) is 11.3 Å². The van der Waals surface area contributed by atoms with E-state index >= 15 is 0 Å². The Morgan fingerprint density at radius 3 is 2.50 bits per heavy atom. The molecule has 0 spiro atoms. The zero-order chi connectivity index (χ0) is 23.2. The van der Waals surface area contributed by atoms with E-state index in [1.165, 1.54) is 0 Å². The number of carbonyl (C=O) groups is 1. The molecule has 0 bridgehead atoms. The quantitative estimate of drug-likeness (QED) is 0.530. The first-order valence-electron chi connectivity index (χ1n) is 10.4. The van der Waals surface area contributed by atoms with Crippen molar-refractivity contribution in [3.05, 3.63) is 70.7 Å². The highest BCUT2D eigenvalue weighted by Gasteiger charge is 2.38. The standard InChI is InChI=1S/C24H24F3N3O2/c1-5-16-12-18-22(13(2)30(16)24(31)14-7-6-8-17(9-14)32-4)28-29(3)23(18)15-10-19(25)21(27)20(26)11-15/h6-11,13,16H,5,12H2,1-4H3. The second-order valence-corrected chi connectivity index (χ2v) is 7.98. The van der Waals surface area contributed by atoms with E-state index in [1.807, 2.05) is 13.8 Å². The Hall–Kier alpha value is -3.29. The van der Waals surface area contributed by atoms with Crippen molar-refractivity contribution in [2.45, 2.75) is 38.8 Å². The minimum Gasteiger partial charge on any atom is -0.497 e. The fourth-order valence-corrected chi connectivity index (χ4v) is 4.55. The Bertz CT molecular complexity index is 1170. The van der Waals surface area contributed by atoms with Crippen LogP contribution < -0.4 is 4.74 Å². The van der Waals surface area contributed by atoms with E-state index in [1.54, 1.807) is 48.0 Å². The fraction of sp³-hybridized carbons (Fsp3) is 0.333. The lowest BCUT2D eigenvalue weighted by atomic mass is 9.89. The van der Waals surface area contributed by atoms with Gasteiger partial charge in [0.2, 0.25) is 0 Å². The molecular formula is C24H24F3N3O2. The molecule has 0 N–H and O–H groups in total. The van der Waals surface area contributed by atoms with Gasteiger partial charge in [-0.2, -0.15) is 5.10 Å². The second-order valence-electron chi connectivity index (χ2n) is 7.98. The van der Waals surface area contributed by atoms with Gasteiger partial charge in [-0.3, -0.25) is 9.48 Å². The minimum absolute atomic E-state index is 0.139. The molecule has 168 valence electrons. The molecule has 0 saturated heterocycles. The number of nitrogens with zero attached hydrogens (tertiary/aromatic N) is 3. The lowest BCUT2D eigenvalue weighted by Gasteiger charge is -2.40. The molecule has 0 fully saturated rings. The molecule has 0 saturated carbocycles. The summed E-state index contributed by atoms with van der Waals surface area (Å²) < 4.78 is 48.1. The van der Waals surface area contributed by atoms with E-state index in [0.29, 0.717) is 35.5 Å². The molecule has 32 heavy (non-hydrogen) atoms. The van der Waals surface area contributed by atoms with Crippen molar-refractivity contribution < 1.29 is 22.7 Å². The number of rotatable bonds is 4. The van der Waals surface area contributed by atoms with Crippen LogP contribution in [-0.2, 0) is 13.5 Å². The third kappa shape index (κ3) is 3.53. The molecule has 2 atom stereocenters. The Kier molecular flexibility index (Phi) is 5.71. The number of fused-ring (bicyclic) bond motifs is 1. The van der Waals surface area contributed by atoms with E-state index < -0.39 is 17.5 Å². The Morgan fingerprint density at radius 2 is 1.88 bits per heavy atom. The summed E-state index contributed by atoms with van der Waals surface area (Å²) in [5, 5.41) is 4.58. The molecule has 5 nitrogen and oxygen atoms in total. The van der Waals surface area contributed by atoms with E-state index in [4.69, 9.17) is 4.74 Å². The van der Waals surface area contributed by atoms with Crippen LogP contribution in [0.1, 0.15) is 47.9 Å². The molecule has 4 rings (SSSR count). The van der Waals surface area contributed by atoms with Gasteiger partial charge in [-0.25, -0.2) is 13.2 Å². The number of benzene rings is 2. The summed E-state index contributed by atoms with van der Waals surface area (Å²) in [5.74, 6) is -3.55. The average Bonchev–Trinajstić information content (AvgIpc) is 3.12. The number of carbonyl (C=O) groups excluding carboxylic acids is 1. The van der Waals surface area contributed by atoms with E-state index in [2.05, 4.69) is 5.10 Å². The number of hydrogen-bond acceptors (Lipinski definition) is 3. The van der Waals surface area contributed by atoms with Crippen LogP contribution >= 0.6 is 0 Å². The van der Waals surface area contributed by atoms with Crippen molar-refractivity contribution in [1.29, 1.82) is 0 Å². The van der Waals surface area contributed by atoms with Gasteiger partial charge in [0.25, 0.3) is 5.91 Å². The maximum atomic E-state index is 13.9. The smallest absolute Gasteiger partial charge is 0.254 e. The van der Waals surface area contributed by atoms with Crippen molar-refractivity contribution in [1.82, 2.24) is 14.7 Å². The summed E-state index contributed by atoms with van der Waals surface area (Å²) in [6.07, 6.45) is 1.15.